The molecule has 0 saturated carbocycles. The third-order valence-electron chi connectivity index (χ3n) is 3.78. The van der Waals surface area contributed by atoms with Crippen LogP contribution in [0, 0.1) is 5.82 Å². The molecule has 0 spiro atoms. The van der Waals surface area contributed by atoms with Crippen molar-refractivity contribution >= 4 is 5.91 Å². The molecule has 0 fully saturated rings. The van der Waals surface area contributed by atoms with Crippen molar-refractivity contribution in [1.29, 1.82) is 0 Å². The van der Waals surface area contributed by atoms with E-state index in [2.05, 4.69) is 10.4 Å². The third kappa shape index (κ3) is 2.62. The molecule has 0 bridgehead atoms. The monoisotopic (exact) mass is 303 g/mol. The van der Waals surface area contributed by atoms with Gasteiger partial charge in [-0.1, -0.05) is 12.1 Å². The van der Waals surface area contributed by atoms with Crippen LogP contribution < -0.4 is 5.32 Å². The molecular formula is C16H18FN3O2. The zero-order valence-electron chi connectivity index (χ0n) is 12.3. The highest BCUT2D eigenvalue weighted by Gasteiger charge is 2.27. The minimum Gasteiger partial charge on any atom is -0.392 e. The number of para-hydroxylation sites is 1. The average molecular weight is 303 g/mol. The van der Waals surface area contributed by atoms with Crippen molar-refractivity contribution in [3.63, 3.8) is 0 Å². The Morgan fingerprint density at radius 1 is 1.45 bits per heavy atom. The fraction of sp³-hybridized carbons (Fsp3) is 0.375. The SMILES string of the molecule is CC(O)CNC(=O)c1nn(-c2ccccc2F)c2c1CCC2. The Balaban J connectivity index is 1.99. The molecule has 0 radical (unpaired) electrons. The molecule has 1 atom stereocenters. The van der Waals surface area contributed by atoms with E-state index >= 15 is 0 Å². The lowest BCUT2D eigenvalue weighted by Gasteiger charge is -2.07. The topological polar surface area (TPSA) is 67.2 Å². The van der Waals surface area contributed by atoms with Crippen molar-refractivity contribution in [3.8, 4) is 5.69 Å². The van der Waals surface area contributed by atoms with Crippen molar-refractivity contribution in [1.82, 2.24) is 15.1 Å². The van der Waals surface area contributed by atoms with Gasteiger partial charge in [-0.25, -0.2) is 9.07 Å². The molecule has 1 unspecified atom stereocenters. The van der Waals surface area contributed by atoms with Crippen LogP contribution in [0.3, 0.4) is 0 Å². The number of carbonyl (C=O) groups is 1. The van der Waals surface area contributed by atoms with E-state index in [1.165, 1.54) is 10.7 Å². The Morgan fingerprint density at radius 3 is 2.95 bits per heavy atom. The summed E-state index contributed by atoms with van der Waals surface area (Å²) < 4.78 is 15.6. The van der Waals surface area contributed by atoms with Crippen LogP contribution in [0.1, 0.15) is 35.1 Å². The molecule has 116 valence electrons. The van der Waals surface area contributed by atoms with E-state index in [4.69, 9.17) is 0 Å². The Bertz CT molecular complexity index is 709. The van der Waals surface area contributed by atoms with Gasteiger partial charge in [0.05, 0.1) is 6.10 Å². The highest BCUT2D eigenvalue weighted by atomic mass is 19.1. The number of carbonyl (C=O) groups excluding carboxylic acids is 1. The van der Waals surface area contributed by atoms with E-state index in [0.29, 0.717) is 11.4 Å². The van der Waals surface area contributed by atoms with Crippen molar-refractivity contribution in [2.75, 3.05) is 6.54 Å². The minimum absolute atomic E-state index is 0.167. The maximum absolute atomic E-state index is 14.0. The number of nitrogens with zero attached hydrogens (tertiary/aromatic N) is 2. The second-order valence-corrected chi connectivity index (χ2v) is 5.55. The fourth-order valence-electron chi connectivity index (χ4n) is 2.77. The molecule has 0 aliphatic heterocycles. The summed E-state index contributed by atoms with van der Waals surface area (Å²) in [5.74, 6) is -0.690. The number of aliphatic hydroxyl groups excluding tert-OH is 1. The predicted octanol–water partition coefficient (Wildman–Crippen LogP) is 1.61. The molecule has 5 nitrogen and oxygen atoms in total. The van der Waals surface area contributed by atoms with Crippen LogP contribution in [0.4, 0.5) is 4.39 Å². The van der Waals surface area contributed by atoms with Gasteiger partial charge in [-0.05, 0) is 38.3 Å². The van der Waals surface area contributed by atoms with Gasteiger partial charge in [-0.15, -0.1) is 0 Å². The highest BCUT2D eigenvalue weighted by molar-refractivity contribution is 5.94. The maximum atomic E-state index is 14.0. The summed E-state index contributed by atoms with van der Waals surface area (Å²) in [7, 11) is 0. The summed E-state index contributed by atoms with van der Waals surface area (Å²) >= 11 is 0. The number of hydrogen-bond acceptors (Lipinski definition) is 3. The van der Waals surface area contributed by atoms with Crippen LogP contribution in [-0.2, 0) is 12.8 Å². The Labute approximate surface area is 127 Å². The van der Waals surface area contributed by atoms with E-state index in [9.17, 15) is 14.3 Å². The summed E-state index contributed by atoms with van der Waals surface area (Å²) in [5, 5.41) is 16.2. The van der Waals surface area contributed by atoms with Gasteiger partial charge in [0, 0.05) is 17.8 Å². The summed E-state index contributed by atoms with van der Waals surface area (Å²) in [4.78, 5) is 12.2. The van der Waals surface area contributed by atoms with Gasteiger partial charge in [0.1, 0.15) is 11.5 Å². The van der Waals surface area contributed by atoms with Gasteiger partial charge in [0.2, 0.25) is 0 Å². The summed E-state index contributed by atoms with van der Waals surface area (Å²) in [6.45, 7) is 1.77. The molecule has 2 N–H and O–H groups in total. The molecule has 0 saturated heterocycles. The van der Waals surface area contributed by atoms with Crippen molar-refractivity contribution in [2.45, 2.75) is 32.3 Å². The Morgan fingerprint density at radius 2 is 2.23 bits per heavy atom. The van der Waals surface area contributed by atoms with E-state index < -0.39 is 6.10 Å². The zero-order valence-corrected chi connectivity index (χ0v) is 12.3. The number of fused-ring (bicyclic) bond motifs is 1. The molecule has 1 aliphatic rings. The van der Waals surface area contributed by atoms with Gasteiger partial charge in [0.25, 0.3) is 5.91 Å². The lowest BCUT2D eigenvalue weighted by Crippen LogP contribution is -2.31. The van der Waals surface area contributed by atoms with Gasteiger partial charge in [-0.3, -0.25) is 4.79 Å². The molecule has 1 heterocycles. The number of halogens is 1. The first-order valence-corrected chi connectivity index (χ1v) is 7.40. The lowest BCUT2D eigenvalue weighted by atomic mass is 10.2. The summed E-state index contributed by atoms with van der Waals surface area (Å²) in [6.07, 6.45) is 1.85. The smallest absolute Gasteiger partial charge is 0.272 e. The van der Waals surface area contributed by atoms with Crippen LogP contribution in [0.5, 0.6) is 0 Å². The van der Waals surface area contributed by atoms with Crippen LogP contribution in [0.25, 0.3) is 5.69 Å². The molecule has 3 rings (SSSR count). The molecule has 1 aromatic carbocycles. The standard InChI is InChI=1S/C16H18FN3O2/c1-10(21)9-18-16(22)15-11-5-4-8-13(11)20(19-15)14-7-3-2-6-12(14)17/h2-3,6-7,10,21H,4-5,8-9H2,1H3,(H,18,22). The maximum Gasteiger partial charge on any atom is 0.272 e. The van der Waals surface area contributed by atoms with Crippen LogP contribution in [0.15, 0.2) is 24.3 Å². The number of amides is 1. The van der Waals surface area contributed by atoms with E-state index in [-0.39, 0.29) is 18.3 Å². The van der Waals surface area contributed by atoms with Crippen molar-refractivity contribution in [3.05, 3.63) is 47.0 Å². The van der Waals surface area contributed by atoms with E-state index in [0.717, 1.165) is 30.5 Å². The number of hydrogen-bond donors (Lipinski definition) is 2. The third-order valence-corrected chi connectivity index (χ3v) is 3.78. The van der Waals surface area contributed by atoms with Crippen molar-refractivity contribution < 1.29 is 14.3 Å². The lowest BCUT2D eigenvalue weighted by molar-refractivity contribution is 0.0917. The molecule has 22 heavy (non-hydrogen) atoms. The number of aliphatic hydroxyl groups is 1. The summed E-state index contributed by atoms with van der Waals surface area (Å²) in [5.41, 5.74) is 2.46. The van der Waals surface area contributed by atoms with Crippen molar-refractivity contribution in [2.24, 2.45) is 0 Å². The molecular weight excluding hydrogens is 285 g/mol. The second kappa shape index (κ2) is 5.88. The first-order chi connectivity index (χ1) is 10.6. The predicted molar refractivity (Wildman–Crippen MR) is 79.6 cm³/mol. The van der Waals surface area contributed by atoms with E-state index in [1.807, 2.05) is 0 Å². The van der Waals surface area contributed by atoms with Crippen LogP contribution in [-0.4, -0.2) is 33.4 Å². The molecule has 1 aliphatic carbocycles. The first-order valence-electron chi connectivity index (χ1n) is 7.40. The van der Waals surface area contributed by atoms with Gasteiger partial charge in [0.15, 0.2) is 5.69 Å². The minimum atomic E-state index is -0.620. The van der Waals surface area contributed by atoms with Gasteiger partial charge in [-0.2, -0.15) is 5.10 Å². The molecule has 1 amide bonds. The van der Waals surface area contributed by atoms with E-state index in [1.54, 1.807) is 25.1 Å². The normalized spacial score (nSPS) is 14.7. The summed E-state index contributed by atoms with van der Waals surface area (Å²) in [6, 6.07) is 6.40. The Kier molecular flexibility index (Phi) is 3.94. The zero-order chi connectivity index (χ0) is 15.7. The quantitative estimate of drug-likeness (QED) is 0.902. The number of rotatable bonds is 4. The molecule has 2 aromatic rings. The van der Waals surface area contributed by atoms with Crippen LogP contribution in [0.2, 0.25) is 0 Å². The fourth-order valence-corrected chi connectivity index (χ4v) is 2.77. The number of nitrogens with one attached hydrogen (secondary N) is 1. The molecule has 1 aromatic heterocycles. The van der Waals surface area contributed by atoms with Gasteiger partial charge >= 0.3 is 0 Å². The number of aromatic nitrogens is 2. The molecule has 6 heteroatoms. The number of benzene rings is 1. The first kappa shape index (κ1) is 14.7. The second-order valence-electron chi connectivity index (χ2n) is 5.55. The highest BCUT2D eigenvalue weighted by Crippen LogP contribution is 2.28. The Hall–Kier alpha value is -2.21. The van der Waals surface area contributed by atoms with Gasteiger partial charge < -0.3 is 10.4 Å². The van der Waals surface area contributed by atoms with Crippen LogP contribution >= 0.6 is 0 Å². The average Bonchev–Trinajstić information content (AvgIpc) is 3.07. The largest absolute Gasteiger partial charge is 0.392 e.